The average molecular weight is 280 g/mol. The molecule has 0 spiro atoms. The van der Waals surface area contributed by atoms with E-state index in [0.29, 0.717) is 23.6 Å². The molecule has 1 aromatic heterocycles. The monoisotopic (exact) mass is 279 g/mol. The quantitative estimate of drug-likeness (QED) is 0.843. The van der Waals surface area contributed by atoms with Crippen LogP contribution in [0.5, 0.6) is 0 Å². The zero-order valence-electron chi connectivity index (χ0n) is 9.96. The number of carbonyl (C=O) groups is 1. The van der Waals surface area contributed by atoms with Crippen LogP contribution in [0, 0.1) is 5.82 Å². The normalized spacial score (nSPS) is 14.7. The second kappa shape index (κ2) is 4.66. The van der Waals surface area contributed by atoms with Crippen LogP contribution in [-0.2, 0) is 6.42 Å². The zero-order valence-corrected chi connectivity index (χ0v) is 10.7. The van der Waals surface area contributed by atoms with E-state index in [4.69, 9.17) is 11.6 Å². The molecule has 2 heterocycles. The lowest BCUT2D eigenvalue weighted by molar-refractivity contribution is 0.0951. The largest absolute Gasteiger partial charge is 0.351 e. The van der Waals surface area contributed by atoms with E-state index < -0.39 is 5.82 Å². The fourth-order valence-corrected chi connectivity index (χ4v) is 2.29. The summed E-state index contributed by atoms with van der Waals surface area (Å²) in [5, 5.41) is 2.81. The summed E-state index contributed by atoms with van der Waals surface area (Å²) in [6.07, 6.45) is 1.63. The highest BCUT2D eigenvalue weighted by molar-refractivity contribution is 6.31. The number of imidazole rings is 1. The van der Waals surface area contributed by atoms with Crippen LogP contribution in [0.3, 0.4) is 0 Å². The summed E-state index contributed by atoms with van der Waals surface area (Å²) in [6, 6.07) is 4.36. The number of aryl methyl sites for hydroxylation is 1. The van der Waals surface area contributed by atoms with E-state index in [1.807, 2.05) is 0 Å². The van der Waals surface area contributed by atoms with Gasteiger partial charge in [0, 0.05) is 17.8 Å². The van der Waals surface area contributed by atoms with Gasteiger partial charge in [0.25, 0.3) is 5.91 Å². The summed E-state index contributed by atoms with van der Waals surface area (Å²) >= 11 is 5.75. The summed E-state index contributed by atoms with van der Waals surface area (Å²) in [7, 11) is 0. The van der Waals surface area contributed by atoms with E-state index in [-0.39, 0.29) is 10.9 Å². The van der Waals surface area contributed by atoms with Crippen LogP contribution in [0.25, 0.3) is 11.4 Å². The molecule has 0 fully saturated rings. The van der Waals surface area contributed by atoms with Gasteiger partial charge in [0.1, 0.15) is 17.3 Å². The van der Waals surface area contributed by atoms with Gasteiger partial charge in [-0.1, -0.05) is 11.6 Å². The molecule has 1 amide bonds. The first-order valence-electron chi connectivity index (χ1n) is 5.97. The van der Waals surface area contributed by atoms with E-state index in [1.165, 1.54) is 12.1 Å². The maximum atomic E-state index is 13.1. The molecule has 1 aliphatic rings. The Morgan fingerprint density at radius 3 is 3.00 bits per heavy atom. The third-order valence-electron chi connectivity index (χ3n) is 3.08. The molecule has 0 radical (unpaired) electrons. The molecule has 2 N–H and O–H groups in total. The van der Waals surface area contributed by atoms with Crippen molar-refractivity contribution in [2.75, 3.05) is 6.54 Å². The number of carbonyl (C=O) groups excluding carboxylic acids is 1. The van der Waals surface area contributed by atoms with Crippen molar-refractivity contribution >= 4 is 17.5 Å². The van der Waals surface area contributed by atoms with Gasteiger partial charge in [0.2, 0.25) is 0 Å². The van der Waals surface area contributed by atoms with Crippen molar-refractivity contribution in [3.8, 4) is 11.4 Å². The molecule has 19 heavy (non-hydrogen) atoms. The number of aromatic nitrogens is 2. The Labute approximate surface area is 114 Å². The van der Waals surface area contributed by atoms with Crippen LogP contribution in [-0.4, -0.2) is 22.4 Å². The van der Waals surface area contributed by atoms with Crippen molar-refractivity contribution < 1.29 is 9.18 Å². The van der Waals surface area contributed by atoms with E-state index in [9.17, 15) is 9.18 Å². The lowest BCUT2D eigenvalue weighted by atomic mass is 10.2. The third-order valence-corrected chi connectivity index (χ3v) is 3.37. The van der Waals surface area contributed by atoms with Crippen molar-refractivity contribution in [2.45, 2.75) is 12.8 Å². The molecule has 1 aromatic carbocycles. The highest BCUT2D eigenvalue weighted by Gasteiger charge is 2.20. The molecule has 4 nitrogen and oxygen atoms in total. The van der Waals surface area contributed by atoms with Crippen LogP contribution >= 0.6 is 11.6 Å². The zero-order chi connectivity index (χ0) is 13.4. The van der Waals surface area contributed by atoms with Crippen LogP contribution in [0.15, 0.2) is 18.2 Å². The first kappa shape index (κ1) is 12.2. The number of aromatic amines is 1. The number of nitrogens with zero attached hydrogens (tertiary/aromatic N) is 1. The minimum absolute atomic E-state index is 0.0357. The van der Waals surface area contributed by atoms with Gasteiger partial charge in [-0.15, -0.1) is 0 Å². The highest BCUT2D eigenvalue weighted by Crippen LogP contribution is 2.24. The van der Waals surface area contributed by atoms with E-state index >= 15 is 0 Å². The summed E-state index contributed by atoms with van der Waals surface area (Å²) < 4.78 is 13.1. The Morgan fingerprint density at radius 1 is 1.37 bits per heavy atom. The lowest BCUT2D eigenvalue weighted by Gasteiger charge is -2.00. The molecule has 3 rings (SSSR count). The Hall–Kier alpha value is -1.88. The minimum atomic E-state index is -0.476. The van der Waals surface area contributed by atoms with Gasteiger partial charge in [-0.2, -0.15) is 0 Å². The molecule has 6 heteroatoms. The SMILES string of the molecule is O=C1NCCCc2[nH]c(-c3ccc(F)c(Cl)c3)nc21. The van der Waals surface area contributed by atoms with E-state index in [0.717, 1.165) is 18.5 Å². The van der Waals surface area contributed by atoms with Crippen molar-refractivity contribution in [2.24, 2.45) is 0 Å². The number of benzene rings is 1. The molecule has 0 unspecified atom stereocenters. The van der Waals surface area contributed by atoms with Crippen LogP contribution in [0.4, 0.5) is 4.39 Å². The molecule has 0 bridgehead atoms. The maximum absolute atomic E-state index is 13.1. The van der Waals surface area contributed by atoms with E-state index in [2.05, 4.69) is 15.3 Å². The summed E-state index contributed by atoms with van der Waals surface area (Å²) in [4.78, 5) is 19.2. The lowest BCUT2D eigenvalue weighted by Crippen LogP contribution is -2.23. The number of rotatable bonds is 1. The van der Waals surface area contributed by atoms with Crippen LogP contribution in [0.2, 0.25) is 5.02 Å². The number of amides is 1. The smallest absolute Gasteiger partial charge is 0.271 e. The number of halogens is 2. The Bertz CT molecular complexity index is 653. The molecule has 1 aliphatic heterocycles. The Kier molecular flexibility index (Phi) is 2.98. The predicted molar refractivity (Wildman–Crippen MR) is 69.6 cm³/mol. The van der Waals surface area contributed by atoms with Gasteiger partial charge >= 0.3 is 0 Å². The van der Waals surface area contributed by atoms with Gasteiger partial charge in [0.05, 0.1) is 5.02 Å². The number of hydrogen-bond acceptors (Lipinski definition) is 2. The summed E-state index contributed by atoms with van der Waals surface area (Å²) in [5.74, 6) is -0.122. The first-order valence-corrected chi connectivity index (χ1v) is 6.35. The molecule has 2 aromatic rings. The van der Waals surface area contributed by atoms with Gasteiger partial charge in [-0.3, -0.25) is 4.79 Å². The second-order valence-electron chi connectivity index (χ2n) is 4.40. The average Bonchev–Trinajstić information content (AvgIpc) is 2.75. The second-order valence-corrected chi connectivity index (χ2v) is 4.81. The fraction of sp³-hybridized carbons (Fsp3) is 0.231. The fourth-order valence-electron chi connectivity index (χ4n) is 2.11. The standard InChI is InChI=1S/C13H11ClFN3O/c14-8-6-7(3-4-9(8)15)12-17-10-2-1-5-16-13(19)11(10)18-12/h3-4,6H,1-2,5H2,(H,16,19)(H,17,18). The van der Waals surface area contributed by atoms with Gasteiger partial charge in [0.15, 0.2) is 0 Å². The van der Waals surface area contributed by atoms with Crippen molar-refractivity contribution in [1.82, 2.24) is 15.3 Å². The molecular weight excluding hydrogens is 269 g/mol. The molecule has 0 saturated heterocycles. The number of nitrogens with one attached hydrogen (secondary N) is 2. The third kappa shape index (κ3) is 2.21. The van der Waals surface area contributed by atoms with Crippen molar-refractivity contribution in [1.29, 1.82) is 0 Å². The molecular formula is C13H11ClFN3O. The van der Waals surface area contributed by atoms with Gasteiger partial charge in [-0.25, -0.2) is 9.37 Å². The van der Waals surface area contributed by atoms with Gasteiger partial charge in [-0.05, 0) is 31.0 Å². The highest BCUT2D eigenvalue weighted by atomic mass is 35.5. The van der Waals surface area contributed by atoms with E-state index in [1.54, 1.807) is 6.07 Å². The molecule has 98 valence electrons. The summed E-state index contributed by atoms with van der Waals surface area (Å²) in [5.41, 5.74) is 1.88. The van der Waals surface area contributed by atoms with Crippen molar-refractivity contribution in [3.05, 3.63) is 40.4 Å². The Balaban J connectivity index is 2.04. The van der Waals surface area contributed by atoms with Crippen molar-refractivity contribution in [3.63, 3.8) is 0 Å². The molecule has 0 saturated carbocycles. The number of H-pyrrole nitrogens is 1. The summed E-state index contributed by atoms with van der Waals surface area (Å²) in [6.45, 7) is 0.654. The topological polar surface area (TPSA) is 57.8 Å². The van der Waals surface area contributed by atoms with Crippen LogP contribution < -0.4 is 5.32 Å². The minimum Gasteiger partial charge on any atom is -0.351 e. The first-order chi connectivity index (χ1) is 9.15. The maximum Gasteiger partial charge on any atom is 0.271 e. The number of hydrogen-bond donors (Lipinski definition) is 2. The number of fused-ring (bicyclic) bond motifs is 1. The molecule has 0 atom stereocenters. The molecule has 0 aliphatic carbocycles. The predicted octanol–water partition coefficient (Wildman–Crippen LogP) is 2.55. The van der Waals surface area contributed by atoms with Crippen LogP contribution in [0.1, 0.15) is 22.6 Å². The van der Waals surface area contributed by atoms with Gasteiger partial charge < -0.3 is 10.3 Å². The Morgan fingerprint density at radius 2 is 2.21 bits per heavy atom.